The van der Waals surface area contributed by atoms with Crippen molar-refractivity contribution < 1.29 is 9.53 Å². The lowest BCUT2D eigenvalue weighted by Crippen LogP contribution is -2.32. The summed E-state index contributed by atoms with van der Waals surface area (Å²) in [7, 11) is 0. The molecule has 1 aromatic heterocycles. The third kappa shape index (κ3) is 2.19. The zero-order chi connectivity index (χ0) is 13.2. The van der Waals surface area contributed by atoms with E-state index in [1.807, 2.05) is 31.2 Å². The number of ether oxygens (including phenoxy) is 1. The van der Waals surface area contributed by atoms with Gasteiger partial charge in [0, 0.05) is 18.0 Å². The average Bonchev–Trinajstić information content (AvgIpc) is 3.08. The third-order valence-corrected chi connectivity index (χ3v) is 3.30. The van der Waals surface area contributed by atoms with E-state index in [2.05, 4.69) is 15.3 Å². The molecule has 1 amide bonds. The second kappa shape index (κ2) is 4.76. The molecular formula is C14H15N3O2. The summed E-state index contributed by atoms with van der Waals surface area (Å²) in [6, 6.07) is 7.51. The molecule has 1 aromatic carbocycles. The summed E-state index contributed by atoms with van der Waals surface area (Å²) in [4.78, 5) is 19.4. The molecule has 2 unspecified atom stereocenters. The second-order valence-corrected chi connectivity index (χ2v) is 4.61. The predicted molar refractivity (Wildman–Crippen MR) is 69.8 cm³/mol. The van der Waals surface area contributed by atoms with Gasteiger partial charge >= 0.3 is 0 Å². The number of aromatic nitrogens is 2. The van der Waals surface area contributed by atoms with E-state index in [4.69, 9.17) is 4.74 Å². The predicted octanol–water partition coefficient (Wildman–Crippen LogP) is 1.76. The fourth-order valence-corrected chi connectivity index (χ4v) is 2.28. The van der Waals surface area contributed by atoms with Crippen molar-refractivity contribution in [2.45, 2.75) is 18.9 Å². The van der Waals surface area contributed by atoms with Crippen LogP contribution >= 0.6 is 0 Å². The molecular weight excluding hydrogens is 242 g/mol. The van der Waals surface area contributed by atoms with Crippen LogP contribution in [0, 0.1) is 0 Å². The molecule has 3 rings (SSSR count). The van der Waals surface area contributed by atoms with Crippen molar-refractivity contribution in [1.29, 1.82) is 0 Å². The van der Waals surface area contributed by atoms with Crippen molar-refractivity contribution >= 4 is 5.91 Å². The summed E-state index contributed by atoms with van der Waals surface area (Å²) in [5.41, 5.74) is 0.951. The van der Waals surface area contributed by atoms with Crippen LogP contribution in [0.25, 0.3) is 0 Å². The van der Waals surface area contributed by atoms with E-state index in [0.717, 1.165) is 17.1 Å². The summed E-state index contributed by atoms with van der Waals surface area (Å²) < 4.78 is 5.52. The highest BCUT2D eigenvalue weighted by Gasteiger charge is 2.30. The van der Waals surface area contributed by atoms with Gasteiger partial charge in [0.05, 0.1) is 6.04 Å². The smallest absolute Gasteiger partial charge is 0.231 e. The van der Waals surface area contributed by atoms with E-state index >= 15 is 0 Å². The number of nitrogens with zero attached hydrogens (tertiary/aromatic N) is 1. The lowest BCUT2D eigenvalue weighted by molar-refractivity contribution is -0.123. The number of fused-ring (bicyclic) bond motifs is 1. The molecule has 2 N–H and O–H groups in total. The van der Waals surface area contributed by atoms with Crippen LogP contribution in [0.4, 0.5) is 0 Å². The molecule has 0 spiro atoms. The number of rotatable bonds is 3. The van der Waals surface area contributed by atoms with Crippen LogP contribution in [-0.4, -0.2) is 22.5 Å². The molecule has 0 radical (unpaired) electrons. The van der Waals surface area contributed by atoms with E-state index in [-0.39, 0.29) is 17.9 Å². The van der Waals surface area contributed by atoms with Gasteiger partial charge in [-0.3, -0.25) is 4.79 Å². The Hall–Kier alpha value is -2.30. The number of hydrogen-bond donors (Lipinski definition) is 2. The molecule has 2 atom stereocenters. The Morgan fingerprint density at radius 3 is 3.16 bits per heavy atom. The van der Waals surface area contributed by atoms with E-state index in [0.29, 0.717) is 6.61 Å². The van der Waals surface area contributed by atoms with Crippen molar-refractivity contribution in [3.8, 4) is 5.75 Å². The van der Waals surface area contributed by atoms with Crippen LogP contribution in [-0.2, 0) is 4.79 Å². The van der Waals surface area contributed by atoms with Gasteiger partial charge in [0.15, 0.2) is 0 Å². The van der Waals surface area contributed by atoms with Gasteiger partial charge in [0.25, 0.3) is 0 Å². The maximum absolute atomic E-state index is 12.3. The molecule has 0 fully saturated rings. The Labute approximate surface area is 111 Å². The number of aromatic amines is 1. The maximum atomic E-state index is 12.3. The largest absolute Gasteiger partial charge is 0.492 e. The van der Waals surface area contributed by atoms with Gasteiger partial charge in [0.2, 0.25) is 5.91 Å². The van der Waals surface area contributed by atoms with E-state index in [1.165, 1.54) is 0 Å². The number of benzene rings is 1. The average molecular weight is 257 g/mol. The van der Waals surface area contributed by atoms with Gasteiger partial charge in [-0.1, -0.05) is 18.2 Å². The van der Waals surface area contributed by atoms with Crippen LogP contribution < -0.4 is 10.1 Å². The monoisotopic (exact) mass is 257 g/mol. The molecule has 0 aliphatic carbocycles. The normalized spacial score (nSPS) is 18.5. The van der Waals surface area contributed by atoms with E-state index in [9.17, 15) is 4.79 Å². The number of hydrogen-bond acceptors (Lipinski definition) is 3. The lowest BCUT2D eigenvalue weighted by Gasteiger charge is -2.14. The van der Waals surface area contributed by atoms with Crippen molar-refractivity contribution in [3.63, 3.8) is 0 Å². The molecule has 0 saturated carbocycles. The van der Waals surface area contributed by atoms with Crippen LogP contribution in [0.2, 0.25) is 0 Å². The Morgan fingerprint density at radius 1 is 1.53 bits per heavy atom. The van der Waals surface area contributed by atoms with E-state index in [1.54, 1.807) is 12.4 Å². The molecule has 2 heterocycles. The lowest BCUT2D eigenvalue weighted by atomic mass is 10.0. The van der Waals surface area contributed by atoms with Crippen LogP contribution in [0.5, 0.6) is 5.75 Å². The molecule has 2 aromatic rings. The Kier molecular flexibility index (Phi) is 2.95. The number of para-hydroxylation sites is 1. The second-order valence-electron chi connectivity index (χ2n) is 4.61. The molecule has 0 bridgehead atoms. The number of amides is 1. The van der Waals surface area contributed by atoms with Crippen LogP contribution in [0.1, 0.15) is 30.3 Å². The first-order valence-electron chi connectivity index (χ1n) is 6.27. The SMILES string of the molecule is CC(NC(=O)C1COc2ccccc21)c1ncc[nH]1. The minimum absolute atomic E-state index is 0.0335. The summed E-state index contributed by atoms with van der Waals surface area (Å²) in [5, 5.41) is 2.95. The first-order chi connectivity index (χ1) is 9.25. The Morgan fingerprint density at radius 2 is 2.37 bits per heavy atom. The quantitative estimate of drug-likeness (QED) is 0.880. The zero-order valence-corrected chi connectivity index (χ0v) is 10.6. The van der Waals surface area contributed by atoms with Gasteiger partial charge in [-0.15, -0.1) is 0 Å². The van der Waals surface area contributed by atoms with Crippen molar-refractivity contribution in [2.75, 3.05) is 6.61 Å². The van der Waals surface area contributed by atoms with Gasteiger partial charge in [0.1, 0.15) is 24.1 Å². The highest BCUT2D eigenvalue weighted by atomic mass is 16.5. The minimum atomic E-state index is -0.242. The maximum Gasteiger partial charge on any atom is 0.231 e. The van der Waals surface area contributed by atoms with Crippen molar-refractivity contribution in [2.24, 2.45) is 0 Å². The highest BCUT2D eigenvalue weighted by molar-refractivity contribution is 5.85. The van der Waals surface area contributed by atoms with Crippen molar-refractivity contribution in [1.82, 2.24) is 15.3 Å². The molecule has 98 valence electrons. The van der Waals surface area contributed by atoms with E-state index < -0.39 is 0 Å². The fraction of sp³-hybridized carbons (Fsp3) is 0.286. The molecule has 5 nitrogen and oxygen atoms in total. The standard InChI is InChI=1S/C14H15N3O2/c1-9(13-15-6-7-16-13)17-14(18)11-8-19-12-5-3-2-4-10(11)12/h2-7,9,11H,8H2,1H3,(H,15,16)(H,17,18). The fourth-order valence-electron chi connectivity index (χ4n) is 2.28. The molecule has 5 heteroatoms. The van der Waals surface area contributed by atoms with Gasteiger partial charge in [-0.2, -0.15) is 0 Å². The highest BCUT2D eigenvalue weighted by Crippen LogP contribution is 2.33. The molecule has 19 heavy (non-hydrogen) atoms. The van der Waals surface area contributed by atoms with Crippen LogP contribution in [0.15, 0.2) is 36.7 Å². The molecule has 1 aliphatic heterocycles. The first-order valence-corrected chi connectivity index (χ1v) is 6.27. The van der Waals surface area contributed by atoms with Gasteiger partial charge < -0.3 is 15.0 Å². The number of carbonyl (C=O) groups is 1. The zero-order valence-electron chi connectivity index (χ0n) is 10.6. The van der Waals surface area contributed by atoms with Crippen LogP contribution in [0.3, 0.4) is 0 Å². The van der Waals surface area contributed by atoms with Gasteiger partial charge in [-0.25, -0.2) is 4.98 Å². The number of H-pyrrole nitrogens is 1. The van der Waals surface area contributed by atoms with Gasteiger partial charge in [-0.05, 0) is 13.0 Å². The van der Waals surface area contributed by atoms with Crippen molar-refractivity contribution in [3.05, 3.63) is 48.0 Å². The Bertz CT molecular complexity index is 580. The number of carbonyl (C=O) groups excluding carboxylic acids is 1. The summed E-state index contributed by atoms with van der Waals surface area (Å²) >= 11 is 0. The first kappa shape index (κ1) is 11.8. The Balaban J connectivity index is 1.72. The number of nitrogens with one attached hydrogen (secondary N) is 2. The summed E-state index contributed by atoms with van der Waals surface area (Å²) in [6.07, 6.45) is 3.41. The minimum Gasteiger partial charge on any atom is -0.492 e. The number of imidazole rings is 1. The summed E-state index contributed by atoms with van der Waals surface area (Å²) in [5.74, 6) is 1.27. The molecule has 1 aliphatic rings. The third-order valence-electron chi connectivity index (χ3n) is 3.30. The molecule has 0 saturated heterocycles. The summed E-state index contributed by atoms with van der Waals surface area (Å²) in [6.45, 7) is 2.30. The topological polar surface area (TPSA) is 67.0 Å².